The first-order valence-electron chi connectivity index (χ1n) is 6.74. The summed E-state index contributed by atoms with van der Waals surface area (Å²) in [5, 5.41) is 12.6. The highest BCUT2D eigenvalue weighted by Crippen LogP contribution is 2.27. The molecule has 1 aromatic carbocycles. The number of hydrogen-bond donors (Lipinski definition) is 1. The standard InChI is InChI=1S/C15H14BrN5/c16-12-2-3-14(11(8-12)9-17)21-7-4-13(10-21)20-15-18-5-1-6-19-15/h1-3,5-6,8,13H,4,7,10H2,(H,18,19,20). The molecule has 1 unspecified atom stereocenters. The molecule has 3 rings (SSSR count). The summed E-state index contributed by atoms with van der Waals surface area (Å²) in [6, 6.07) is 10.2. The third-order valence-corrected chi connectivity index (χ3v) is 4.00. The molecule has 2 aromatic rings. The second-order valence-electron chi connectivity index (χ2n) is 4.92. The molecule has 1 aliphatic rings. The Morgan fingerprint density at radius 3 is 2.90 bits per heavy atom. The second kappa shape index (κ2) is 6.10. The molecule has 106 valence electrons. The van der Waals surface area contributed by atoms with Crippen LogP contribution >= 0.6 is 15.9 Å². The van der Waals surface area contributed by atoms with Crippen LogP contribution in [0.2, 0.25) is 0 Å². The number of rotatable bonds is 3. The van der Waals surface area contributed by atoms with Gasteiger partial charge in [-0.2, -0.15) is 5.26 Å². The van der Waals surface area contributed by atoms with Crippen LogP contribution in [0, 0.1) is 11.3 Å². The molecule has 0 bridgehead atoms. The molecule has 2 heterocycles. The van der Waals surface area contributed by atoms with Gasteiger partial charge in [-0.05, 0) is 30.7 Å². The van der Waals surface area contributed by atoms with Gasteiger partial charge < -0.3 is 10.2 Å². The van der Waals surface area contributed by atoms with Gasteiger partial charge in [0, 0.05) is 36.0 Å². The van der Waals surface area contributed by atoms with Crippen LogP contribution in [0.3, 0.4) is 0 Å². The summed E-state index contributed by atoms with van der Waals surface area (Å²) in [6.07, 6.45) is 4.45. The normalized spacial score (nSPS) is 17.5. The average molecular weight is 344 g/mol. The number of halogens is 1. The van der Waals surface area contributed by atoms with Crippen LogP contribution in [0.4, 0.5) is 11.6 Å². The molecule has 1 N–H and O–H groups in total. The SMILES string of the molecule is N#Cc1cc(Br)ccc1N1CCC(Nc2ncccn2)C1. The molecule has 0 spiro atoms. The molecule has 1 atom stereocenters. The fourth-order valence-corrected chi connectivity index (χ4v) is 2.89. The molecule has 1 aliphatic heterocycles. The molecule has 0 saturated carbocycles. The van der Waals surface area contributed by atoms with E-state index < -0.39 is 0 Å². The van der Waals surface area contributed by atoms with E-state index in [2.05, 4.69) is 42.2 Å². The zero-order chi connectivity index (χ0) is 14.7. The highest BCUT2D eigenvalue weighted by Gasteiger charge is 2.24. The van der Waals surface area contributed by atoms with Crippen LogP contribution in [0.1, 0.15) is 12.0 Å². The van der Waals surface area contributed by atoms with Crippen molar-refractivity contribution < 1.29 is 0 Å². The highest BCUT2D eigenvalue weighted by molar-refractivity contribution is 9.10. The lowest BCUT2D eigenvalue weighted by Gasteiger charge is -2.20. The summed E-state index contributed by atoms with van der Waals surface area (Å²) < 4.78 is 0.925. The molecule has 1 fully saturated rings. The Morgan fingerprint density at radius 1 is 1.33 bits per heavy atom. The maximum absolute atomic E-state index is 9.27. The first-order chi connectivity index (χ1) is 10.3. The van der Waals surface area contributed by atoms with Gasteiger partial charge in [-0.15, -0.1) is 0 Å². The Labute approximate surface area is 131 Å². The van der Waals surface area contributed by atoms with Crippen molar-refractivity contribution >= 4 is 27.6 Å². The van der Waals surface area contributed by atoms with Crippen molar-refractivity contribution in [2.75, 3.05) is 23.3 Å². The van der Waals surface area contributed by atoms with Crippen LogP contribution in [-0.2, 0) is 0 Å². The lowest BCUT2D eigenvalue weighted by atomic mass is 10.2. The quantitative estimate of drug-likeness (QED) is 0.928. The van der Waals surface area contributed by atoms with Crippen LogP contribution < -0.4 is 10.2 Å². The first-order valence-corrected chi connectivity index (χ1v) is 7.54. The molecule has 5 nitrogen and oxygen atoms in total. The third-order valence-electron chi connectivity index (χ3n) is 3.51. The van der Waals surface area contributed by atoms with Gasteiger partial charge in [-0.3, -0.25) is 0 Å². The van der Waals surface area contributed by atoms with Crippen LogP contribution in [0.15, 0.2) is 41.1 Å². The van der Waals surface area contributed by atoms with E-state index in [1.807, 2.05) is 18.2 Å². The Bertz CT molecular complexity index is 668. The minimum absolute atomic E-state index is 0.294. The first kappa shape index (κ1) is 13.8. The average Bonchev–Trinajstić information content (AvgIpc) is 2.96. The number of benzene rings is 1. The van der Waals surface area contributed by atoms with E-state index in [-0.39, 0.29) is 0 Å². The summed E-state index contributed by atoms with van der Waals surface area (Å²) in [6.45, 7) is 1.76. The van der Waals surface area contributed by atoms with Crippen LogP contribution in [0.5, 0.6) is 0 Å². The number of nitriles is 1. The maximum Gasteiger partial charge on any atom is 0.222 e. The van der Waals surface area contributed by atoms with E-state index >= 15 is 0 Å². The van der Waals surface area contributed by atoms with Gasteiger partial charge in [-0.1, -0.05) is 15.9 Å². The zero-order valence-corrected chi connectivity index (χ0v) is 12.9. The van der Waals surface area contributed by atoms with E-state index in [0.29, 0.717) is 17.6 Å². The van der Waals surface area contributed by atoms with E-state index in [1.54, 1.807) is 18.5 Å². The predicted molar refractivity (Wildman–Crippen MR) is 85.1 cm³/mol. The zero-order valence-electron chi connectivity index (χ0n) is 11.3. The lowest BCUT2D eigenvalue weighted by Crippen LogP contribution is -2.27. The smallest absolute Gasteiger partial charge is 0.222 e. The lowest BCUT2D eigenvalue weighted by molar-refractivity contribution is 0.792. The number of hydrogen-bond acceptors (Lipinski definition) is 5. The van der Waals surface area contributed by atoms with Gasteiger partial charge in [0.05, 0.1) is 11.3 Å². The summed E-state index contributed by atoms with van der Waals surface area (Å²) in [4.78, 5) is 10.6. The van der Waals surface area contributed by atoms with E-state index in [4.69, 9.17) is 0 Å². The van der Waals surface area contributed by atoms with Gasteiger partial charge in [0.25, 0.3) is 0 Å². The summed E-state index contributed by atoms with van der Waals surface area (Å²) in [5.41, 5.74) is 1.68. The van der Waals surface area contributed by atoms with E-state index in [1.165, 1.54) is 0 Å². The Kier molecular flexibility index (Phi) is 4.02. The summed E-state index contributed by atoms with van der Waals surface area (Å²) in [5.74, 6) is 0.653. The van der Waals surface area contributed by atoms with Crippen LogP contribution in [0.25, 0.3) is 0 Å². The monoisotopic (exact) mass is 343 g/mol. The van der Waals surface area contributed by atoms with Crippen molar-refractivity contribution in [2.24, 2.45) is 0 Å². The molecule has 21 heavy (non-hydrogen) atoms. The molecule has 6 heteroatoms. The van der Waals surface area contributed by atoms with Gasteiger partial charge in [-0.25, -0.2) is 9.97 Å². The minimum atomic E-state index is 0.294. The van der Waals surface area contributed by atoms with Crippen molar-refractivity contribution in [3.8, 4) is 6.07 Å². The number of aromatic nitrogens is 2. The molecule has 0 amide bonds. The summed E-state index contributed by atoms with van der Waals surface area (Å²) >= 11 is 3.40. The second-order valence-corrected chi connectivity index (χ2v) is 5.84. The van der Waals surface area contributed by atoms with E-state index in [0.717, 1.165) is 29.7 Å². The fraction of sp³-hybridized carbons (Fsp3) is 0.267. The van der Waals surface area contributed by atoms with Crippen LogP contribution in [-0.4, -0.2) is 29.1 Å². The Hall–Kier alpha value is -2.13. The van der Waals surface area contributed by atoms with Gasteiger partial charge in [0.2, 0.25) is 5.95 Å². The molecule has 1 saturated heterocycles. The van der Waals surface area contributed by atoms with Gasteiger partial charge in [0.1, 0.15) is 6.07 Å². The molecule has 0 radical (unpaired) electrons. The summed E-state index contributed by atoms with van der Waals surface area (Å²) in [7, 11) is 0. The van der Waals surface area contributed by atoms with Crippen molar-refractivity contribution in [3.63, 3.8) is 0 Å². The van der Waals surface area contributed by atoms with Crippen molar-refractivity contribution in [1.29, 1.82) is 5.26 Å². The van der Waals surface area contributed by atoms with Crippen molar-refractivity contribution in [3.05, 3.63) is 46.7 Å². The Balaban J connectivity index is 1.71. The number of anilines is 2. The largest absolute Gasteiger partial charge is 0.368 e. The van der Waals surface area contributed by atoms with Gasteiger partial charge >= 0.3 is 0 Å². The maximum atomic E-state index is 9.27. The fourth-order valence-electron chi connectivity index (χ4n) is 2.53. The van der Waals surface area contributed by atoms with E-state index in [9.17, 15) is 5.26 Å². The highest BCUT2D eigenvalue weighted by atomic mass is 79.9. The molecular formula is C15H14BrN5. The Morgan fingerprint density at radius 2 is 2.14 bits per heavy atom. The predicted octanol–water partition coefficient (Wildman–Crippen LogP) is 2.80. The topological polar surface area (TPSA) is 64.8 Å². The van der Waals surface area contributed by atoms with Gasteiger partial charge in [0.15, 0.2) is 0 Å². The minimum Gasteiger partial charge on any atom is -0.368 e. The molecule has 1 aromatic heterocycles. The third kappa shape index (κ3) is 3.14. The van der Waals surface area contributed by atoms with Crippen molar-refractivity contribution in [1.82, 2.24) is 9.97 Å². The molecule has 0 aliphatic carbocycles. The molecular weight excluding hydrogens is 330 g/mol. The number of nitrogens with zero attached hydrogens (tertiary/aromatic N) is 4. The number of nitrogens with one attached hydrogen (secondary N) is 1. The van der Waals surface area contributed by atoms with Crippen molar-refractivity contribution in [2.45, 2.75) is 12.5 Å².